The fourth-order valence-corrected chi connectivity index (χ4v) is 3.11. The molecule has 9 heteroatoms. The van der Waals surface area contributed by atoms with Crippen LogP contribution in [0.2, 0.25) is 0 Å². The number of carbonyl (C=O) groups excluding carboxylic acids is 1. The monoisotopic (exact) mass is 408 g/mol. The van der Waals surface area contributed by atoms with Gasteiger partial charge in [-0.1, -0.05) is 18.2 Å². The molecule has 1 aromatic carbocycles. The zero-order valence-corrected chi connectivity index (χ0v) is 16.7. The van der Waals surface area contributed by atoms with E-state index in [-0.39, 0.29) is 18.7 Å². The normalized spacial score (nSPS) is 14.7. The first-order valence-electron chi connectivity index (χ1n) is 9.20. The van der Waals surface area contributed by atoms with Gasteiger partial charge in [0.2, 0.25) is 0 Å². The third-order valence-electron chi connectivity index (χ3n) is 4.49. The summed E-state index contributed by atoms with van der Waals surface area (Å²) in [5.41, 5.74) is 0.190. The van der Waals surface area contributed by atoms with Crippen LogP contribution in [0.3, 0.4) is 0 Å². The standard InChI is InChI=1S/C20H23F3N4O2/c1-11(12-6-5-7-13(16(12)21)17(22)23)26-18-14-8-27(9-15(14)24-10-25-18)19(28)29-20(2,3)4/h5-7,10-11,17H,8-9H2,1-4H3,(H,24,25,26)/t11-/m1/s1. The third kappa shape index (κ3) is 4.60. The summed E-state index contributed by atoms with van der Waals surface area (Å²) in [5.74, 6) is -0.515. The van der Waals surface area contributed by atoms with Gasteiger partial charge < -0.3 is 10.1 Å². The highest BCUT2D eigenvalue weighted by atomic mass is 19.3. The van der Waals surface area contributed by atoms with Gasteiger partial charge in [0.15, 0.2) is 0 Å². The lowest BCUT2D eigenvalue weighted by Gasteiger charge is -2.24. The second kappa shape index (κ2) is 7.88. The van der Waals surface area contributed by atoms with Crippen molar-refractivity contribution in [1.29, 1.82) is 0 Å². The van der Waals surface area contributed by atoms with Crippen LogP contribution in [-0.2, 0) is 17.8 Å². The Morgan fingerprint density at radius 1 is 1.21 bits per heavy atom. The summed E-state index contributed by atoms with van der Waals surface area (Å²) >= 11 is 0. The van der Waals surface area contributed by atoms with Crippen LogP contribution >= 0.6 is 0 Å². The van der Waals surface area contributed by atoms with Gasteiger partial charge in [0.05, 0.1) is 30.4 Å². The van der Waals surface area contributed by atoms with E-state index in [1.807, 2.05) is 0 Å². The summed E-state index contributed by atoms with van der Waals surface area (Å²) in [5, 5.41) is 3.06. The number of alkyl halides is 2. The number of nitrogens with one attached hydrogen (secondary N) is 1. The second-order valence-corrected chi connectivity index (χ2v) is 7.90. The van der Waals surface area contributed by atoms with Gasteiger partial charge in [-0.05, 0) is 27.7 Å². The summed E-state index contributed by atoms with van der Waals surface area (Å²) in [6.45, 7) is 7.51. The number of aromatic nitrogens is 2. The number of ether oxygens (including phenoxy) is 1. The topological polar surface area (TPSA) is 67.4 Å². The minimum absolute atomic E-state index is 0.108. The Morgan fingerprint density at radius 3 is 2.55 bits per heavy atom. The van der Waals surface area contributed by atoms with E-state index in [1.165, 1.54) is 23.4 Å². The highest BCUT2D eigenvalue weighted by Gasteiger charge is 2.31. The molecule has 156 valence electrons. The Hall–Kier alpha value is -2.84. The summed E-state index contributed by atoms with van der Waals surface area (Å²) in [6.07, 6.45) is -2.02. The predicted octanol–water partition coefficient (Wildman–Crippen LogP) is 4.98. The van der Waals surface area contributed by atoms with E-state index in [0.29, 0.717) is 17.1 Å². The first-order valence-corrected chi connectivity index (χ1v) is 9.20. The lowest BCUT2D eigenvalue weighted by Crippen LogP contribution is -2.33. The van der Waals surface area contributed by atoms with E-state index in [4.69, 9.17) is 4.74 Å². The largest absolute Gasteiger partial charge is 0.444 e. The first kappa shape index (κ1) is 20.9. The van der Waals surface area contributed by atoms with Crippen molar-refractivity contribution in [3.8, 4) is 0 Å². The summed E-state index contributed by atoms with van der Waals surface area (Å²) < 4.78 is 45.8. The van der Waals surface area contributed by atoms with Gasteiger partial charge >= 0.3 is 6.09 Å². The molecule has 0 saturated heterocycles. The van der Waals surface area contributed by atoms with Crippen molar-refractivity contribution in [3.63, 3.8) is 0 Å². The molecule has 0 unspecified atom stereocenters. The molecule has 0 saturated carbocycles. The molecule has 0 radical (unpaired) electrons. The van der Waals surface area contributed by atoms with Crippen molar-refractivity contribution in [3.05, 3.63) is 52.7 Å². The smallest absolute Gasteiger partial charge is 0.410 e. The van der Waals surface area contributed by atoms with Crippen molar-refractivity contribution >= 4 is 11.9 Å². The molecule has 1 aliphatic rings. The van der Waals surface area contributed by atoms with Crippen LogP contribution in [0, 0.1) is 5.82 Å². The molecule has 2 heterocycles. The van der Waals surface area contributed by atoms with Crippen LogP contribution in [-0.4, -0.2) is 26.6 Å². The van der Waals surface area contributed by atoms with Crippen molar-refractivity contribution in [2.24, 2.45) is 0 Å². The number of hydrogen-bond acceptors (Lipinski definition) is 5. The molecule has 1 amide bonds. The molecule has 6 nitrogen and oxygen atoms in total. The SMILES string of the molecule is C[C@@H](Nc1ncnc2c1CN(C(=O)OC(C)(C)C)C2)c1cccc(C(F)F)c1F. The maximum absolute atomic E-state index is 14.5. The molecule has 0 spiro atoms. The lowest BCUT2D eigenvalue weighted by molar-refractivity contribution is 0.0241. The van der Waals surface area contributed by atoms with Crippen LogP contribution in [0.5, 0.6) is 0 Å². The number of benzene rings is 1. The third-order valence-corrected chi connectivity index (χ3v) is 4.49. The molecule has 1 aliphatic heterocycles. The molecule has 0 fully saturated rings. The van der Waals surface area contributed by atoms with Crippen LogP contribution in [0.1, 0.15) is 62.5 Å². The molecular formula is C20H23F3N4O2. The Bertz CT molecular complexity index is 915. The van der Waals surface area contributed by atoms with E-state index >= 15 is 0 Å². The quantitative estimate of drug-likeness (QED) is 0.773. The average molecular weight is 408 g/mol. The molecular weight excluding hydrogens is 385 g/mol. The minimum Gasteiger partial charge on any atom is -0.444 e. The fourth-order valence-electron chi connectivity index (χ4n) is 3.11. The van der Waals surface area contributed by atoms with Gasteiger partial charge in [-0.25, -0.2) is 27.9 Å². The lowest BCUT2D eigenvalue weighted by atomic mass is 10.0. The average Bonchev–Trinajstić information content (AvgIpc) is 3.05. The Labute approximate surface area is 167 Å². The molecule has 1 aromatic heterocycles. The van der Waals surface area contributed by atoms with E-state index in [1.54, 1.807) is 27.7 Å². The molecule has 1 atom stereocenters. The van der Waals surface area contributed by atoms with E-state index in [9.17, 15) is 18.0 Å². The predicted molar refractivity (Wildman–Crippen MR) is 101 cm³/mol. The van der Waals surface area contributed by atoms with E-state index in [0.717, 1.165) is 6.07 Å². The van der Waals surface area contributed by atoms with Gasteiger partial charge in [-0.15, -0.1) is 0 Å². The molecule has 3 rings (SSSR count). The van der Waals surface area contributed by atoms with Gasteiger partial charge in [0.1, 0.15) is 23.6 Å². The van der Waals surface area contributed by atoms with Crippen LogP contribution in [0.4, 0.5) is 23.8 Å². The maximum Gasteiger partial charge on any atom is 0.410 e. The molecule has 1 N–H and O–H groups in total. The molecule has 0 bridgehead atoms. The Morgan fingerprint density at radius 2 is 1.90 bits per heavy atom. The first-order chi connectivity index (χ1) is 13.6. The Kier molecular flexibility index (Phi) is 5.68. The number of nitrogens with zero attached hydrogens (tertiary/aromatic N) is 3. The summed E-state index contributed by atoms with van der Waals surface area (Å²) in [4.78, 5) is 22.3. The van der Waals surface area contributed by atoms with Crippen molar-refractivity contribution in [2.45, 2.75) is 58.9 Å². The maximum atomic E-state index is 14.5. The molecule has 29 heavy (non-hydrogen) atoms. The van der Waals surface area contributed by atoms with Gasteiger partial charge in [0, 0.05) is 11.1 Å². The summed E-state index contributed by atoms with van der Waals surface area (Å²) in [6, 6.07) is 3.29. The number of amides is 1. The molecule has 0 aliphatic carbocycles. The van der Waals surface area contributed by atoms with Crippen molar-refractivity contribution in [1.82, 2.24) is 14.9 Å². The van der Waals surface area contributed by atoms with E-state index < -0.39 is 35.5 Å². The van der Waals surface area contributed by atoms with Crippen molar-refractivity contribution in [2.75, 3.05) is 5.32 Å². The van der Waals surface area contributed by atoms with Crippen LogP contribution < -0.4 is 5.32 Å². The number of halogens is 3. The number of fused-ring (bicyclic) bond motifs is 1. The second-order valence-electron chi connectivity index (χ2n) is 7.90. The Balaban J connectivity index is 1.80. The highest BCUT2D eigenvalue weighted by Crippen LogP contribution is 2.32. The molecule has 2 aromatic rings. The van der Waals surface area contributed by atoms with E-state index in [2.05, 4.69) is 15.3 Å². The van der Waals surface area contributed by atoms with Crippen molar-refractivity contribution < 1.29 is 22.7 Å². The number of anilines is 1. The zero-order valence-electron chi connectivity index (χ0n) is 16.7. The highest BCUT2D eigenvalue weighted by molar-refractivity contribution is 5.70. The number of carbonyl (C=O) groups is 1. The van der Waals surface area contributed by atoms with Gasteiger partial charge in [0.25, 0.3) is 6.43 Å². The number of hydrogen-bond donors (Lipinski definition) is 1. The summed E-state index contributed by atoms with van der Waals surface area (Å²) in [7, 11) is 0. The van der Waals surface area contributed by atoms with Crippen LogP contribution in [0.15, 0.2) is 24.5 Å². The van der Waals surface area contributed by atoms with Gasteiger partial charge in [-0.2, -0.15) is 0 Å². The minimum atomic E-state index is -2.90. The fraction of sp³-hybridized carbons (Fsp3) is 0.450. The van der Waals surface area contributed by atoms with Crippen LogP contribution in [0.25, 0.3) is 0 Å². The van der Waals surface area contributed by atoms with Gasteiger partial charge in [-0.3, -0.25) is 4.90 Å². The zero-order chi connectivity index (χ0) is 21.3. The number of rotatable bonds is 4.